The van der Waals surface area contributed by atoms with Gasteiger partial charge in [0.25, 0.3) is 0 Å². The lowest BCUT2D eigenvalue weighted by atomic mass is 10.1. The van der Waals surface area contributed by atoms with Gasteiger partial charge in [-0.15, -0.1) is 0 Å². The van der Waals surface area contributed by atoms with E-state index in [1.807, 2.05) is 18.7 Å². The lowest BCUT2D eigenvalue weighted by molar-refractivity contribution is -0.119. The third-order valence-corrected chi connectivity index (χ3v) is 3.47. The summed E-state index contributed by atoms with van der Waals surface area (Å²) >= 11 is 2.00. The van der Waals surface area contributed by atoms with Crippen molar-refractivity contribution in [3.63, 3.8) is 0 Å². The van der Waals surface area contributed by atoms with E-state index in [4.69, 9.17) is 5.73 Å². The second-order valence-corrected chi connectivity index (χ2v) is 4.76. The summed E-state index contributed by atoms with van der Waals surface area (Å²) in [5.74, 6) is 2.20. The van der Waals surface area contributed by atoms with Crippen LogP contribution in [0, 0.1) is 0 Å². The Morgan fingerprint density at radius 3 is 3.00 bits per heavy atom. The molecule has 0 aromatic rings. The molecule has 3 N–H and O–H groups in total. The molecule has 2 atom stereocenters. The molecule has 0 saturated carbocycles. The summed E-state index contributed by atoms with van der Waals surface area (Å²) in [6.07, 6.45) is 3.57. The summed E-state index contributed by atoms with van der Waals surface area (Å²) in [4.78, 5) is 10.8. The smallest absolute Gasteiger partial charge is 0.234 e. The molecule has 1 heterocycles. The monoisotopic (exact) mass is 202 g/mol. The molecule has 0 aromatic heterocycles. The molecule has 2 unspecified atom stereocenters. The number of carbonyl (C=O) groups is 1. The zero-order valence-corrected chi connectivity index (χ0v) is 8.90. The second kappa shape index (κ2) is 5.50. The van der Waals surface area contributed by atoms with Crippen molar-refractivity contribution in [2.75, 3.05) is 11.5 Å². The molecule has 1 saturated heterocycles. The first kappa shape index (κ1) is 10.9. The highest BCUT2D eigenvalue weighted by molar-refractivity contribution is 7.99. The average Bonchev–Trinajstić information content (AvgIpc) is 2.32. The first-order valence-corrected chi connectivity index (χ1v) is 5.98. The third-order valence-electron chi connectivity index (χ3n) is 2.36. The Bertz CT molecular complexity index is 167. The van der Waals surface area contributed by atoms with E-state index in [1.165, 1.54) is 24.3 Å². The highest BCUT2D eigenvalue weighted by Crippen LogP contribution is 2.16. The molecule has 3 nitrogen and oxygen atoms in total. The highest BCUT2D eigenvalue weighted by Gasteiger charge is 2.16. The molecule has 0 bridgehead atoms. The van der Waals surface area contributed by atoms with Gasteiger partial charge in [0, 0.05) is 6.04 Å². The minimum atomic E-state index is -0.253. The van der Waals surface area contributed by atoms with E-state index in [0.29, 0.717) is 6.04 Å². The van der Waals surface area contributed by atoms with Gasteiger partial charge in [0.2, 0.25) is 5.91 Å². The molecule has 0 spiro atoms. The molecule has 1 fully saturated rings. The normalized spacial score (nSPS) is 26.4. The highest BCUT2D eigenvalue weighted by atomic mass is 32.2. The van der Waals surface area contributed by atoms with Crippen molar-refractivity contribution in [3.05, 3.63) is 0 Å². The molecule has 1 aliphatic heterocycles. The second-order valence-electron chi connectivity index (χ2n) is 3.53. The third kappa shape index (κ3) is 4.00. The Balaban J connectivity index is 2.29. The van der Waals surface area contributed by atoms with E-state index >= 15 is 0 Å². The van der Waals surface area contributed by atoms with Crippen LogP contribution < -0.4 is 11.1 Å². The van der Waals surface area contributed by atoms with Gasteiger partial charge >= 0.3 is 0 Å². The summed E-state index contributed by atoms with van der Waals surface area (Å²) < 4.78 is 0. The largest absolute Gasteiger partial charge is 0.368 e. The molecular weight excluding hydrogens is 184 g/mol. The first-order chi connectivity index (χ1) is 6.20. The fourth-order valence-electron chi connectivity index (χ4n) is 1.51. The van der Waals surface area contributed by atoms with E-state index < -0.39 is 0 Å². The molecule has 0 radical (unpaired) electrons. The van der Waals surface area contributed by atoms with E-state index in [2.05, 4.69) is 5.32 Å². The van der Waals surface area contributed by atoms with Gasteiger partial charge in [-0.3, -0.25) is 4.79 Å². The molecule has 0 aromatic carbocycles. The van der Waals surface area contributed by atoms with Crippen molar-refractivity contribution >= 4 is 17.7 Å². The van der Waals surface area contributed by atoms with Crippen molar-refractivity contribution in [3.8, 4) is 0 Å². The van der Waals surface area contributed by atoms with Crippen molar-refractivity contribution in [2.45, 2.75) is 38.3 Å². The van der Waals surface area contributed by atoms with E-state index in [1.54, 1.807) is 0 Å². The lowest BCUT2D eigenvalue weighted by Crippen LogP contribution is -2.44. The van der Waals surface area contributed by atoms with Gasteiger partial charge in [0.05, 0.1) is 6.04 Å². The van der Waals surface area contributed by atoms with Crippen LogP contribution in [0.15, 0.2) is 0 Å². The maximum atomic E-state index is 10.8. The summed E-state index contributed by atoms with van der Waals surface area (Å²) in [5, 5.41) is 3.27. The van der Waals surface area contributed by atoms with Gasteiger partial charge in [-0.2, -0.15) is 11.8 Å². The fourth-order valence-corrected chi connectivity index (χ4v) is 2.53. The number of thioether (sulfide) groups is 1. The van der Waals surface area contributed by atoms with Crippen LogP contribution in [0.2, 0.25) is 0 Å². The number of primary amides is 1. The van der Waals surface area contributed by atoms with Crippen molar-refractivity contribution < 1.29 is 4.79 Å². The van der Waals surface area contributed by atoms with E-state index in [-0.39, 0.29) is 11.9 Å². The van der Waals surface area contributed by atoms with Crippen LogP contribution in [-0.2, 0) is 4.79 Å². The molecule has 1 rings (SSSR count). The zero-order valence-electron chi connectivity index (χ0n) is 8.08. The SMILES string of the molecule is CC(NC1CCCSCC1)C(N)=O. The van der Waals surface area contributed by atoms with Gasteiger partial charge in [0.15, 0.2) is 0 Å². The number of rotatable bonds is 3. The predicted octanol–water partition coefficient (Wildman–Crippen LogP) is 0.735. The Kier molecular flexibility index (Phi) is 4.59. The van der Waals surface area contributed by atoms with Gasteiger partial charge in [0.1, 0.15) is 0 Å². The Morgan fingerprint density at radius 2 is 2.31 bits per heavy atom. The van der Waals surface area contributed by atoms with Crippen LogP contribution in [0.25, 0.3) is 0 Å². The first-order valence-electron chi connectivity index (χ1n) is 4.83. The molecule has 76 valence electrons. The van der Waals surface area contributed by atoms with Crippen LogP contribution in [-0.4, -0.2) is 29.5 Å². The van der Waals surface area contributed by atoms with Gasteiger partial charge in [-0.05, 0) is 37.7 Å². The minimum absolute atomic E-state index is 0.187. The Hall–Kier alpha value is -0.220. The molecular formula is C9H18N2OS. The van der Waals surface area contributed by atoms with Crippen LogP contribution >= 0.6 is 11.8 Å². The quantitative estimate of drug-likeness (QED) is 0.709. The number of nitrogens with one attached hydrogen (secondary N) is 1. The van der Waals surface area contributed by atoms with E-state index in [0.717, 1.165) is 6.42 Å². The number of hydrogen-bond donors (Lipinski definition) is 2. The Morgan fingerprint density at radius 1 is 1.54 bits per heavy atom. The summed E-state index contributed by atoms with van der Waals surface area (Å²) in [5.41, 5.74) is 5.19. The van der Waals surface area contributed by atoms with Crippen LogP contribution in [0.1, 0.15) is 26.2 Å². The molecule has 4 heteroatoms. The predicted molar refractivity (Wildman–Crippen MR) is 56.8 cm³/mol. The standard InChI is InChI=1S/C9H18N2OS/c1-7(9(10)12)11-8-3-2-5-13-6-4-8/h7-8,11H,2-6H2,1H3,(H2,10,12). The molecule has 1 aliphatic rings. The molecule has 0 aliphatic carbocycles. The number of hydrogen-bond acceptors (Lipinski definition) is 3. The van der Waals surface area contributed by atoms with Crippen molar-refractivity contribution in [1.82, 2.24) is 5.32 Å². The summed E-state index contributed by atoms with van der Waals surface area (Å²) in [6.45, 7) is 1.83. The topological polar surface area (TPSA) is 55.1 Å². The van der Waals surface area contributed by atoms with Gasteiger partial charge < -0.3 is 11.1 Å². The molecule has 1 amide bonds. The number of carbonyl (C=O) groups excluding carboxylic acids is 1. The summed E-state index contributed by atoms with van der Waals surface area (Å²) in [7, 11) is 0. The van der Waals surface area contributed by atoms with Crippen LogP contribution in [0.5, 0.6) is 0 Å². The lowest BCUT2D eigenvalue weighted by Gasteiger charge is -2.19. The van der Waals surface area contributed by atoms with Crippen LogP contribution in [0.3, 0.4) is 0 Å². The van der Waals surface area contributed by atoms with Crippen molar-refractivity contribution in [1.29, 1.82) is 0 Å². The maximum Gasteiger partial charge on any atom is 0.234 e. The van der Waals surface area contributed by atoms with Crippen molar-refractivity contribution in [2.24, 2.45) is 5.73 Å². The van der Waals surface area contributed by atoms with Gasteiger partial charge in [-0.1, -0.05) is 0 Å². The summed E-state index contributed by atoms with van der Waals surface area (Å²) in [6, 6.07) is 0.297. The Labute approximate surface area is 83.8 Å². The van der Waals surface area contributed by atoms with E-state index in [9.17, 15) is 4.79 Å². The minimum Gasteiger partial charge on any atom is -0.368 e. The maximum absolute atomic E-state index is 10.8. The fraction of sp³-hybridized carbons (Fsp3) is 0.889. The van der Waals surface area contributed by atoms with Gasteiger partial charge in [-0.25, -0.2) is 0 Å². The number of nitrogens with two attached hydrogens (primary N) is 1. The zero-order chi connectivity index (χ0) is 9.68. The average molecular weight is 202 g/mol. The molecule has 13 heavy (non-hydrogen) atoms. The van der Waals surface area contributed by atoms with Crippen LogP contribution in [0.4, 0.5) is 0 Å². The number of amides is 1.